The van der Waals surface area contributed by atoms with Crippen molar-refractivity contribution in [2.45, 2.75) is 46.2 Å². The summed E-state index contributed by atoms with van der Waals surface area (Å²) in [5.74, 6) is 0.472. The van der Waals surface area contributed by atoms with Crippen LogP contribution < -0.4 is 10.2 Å². The van der Waals surface area contributed by atoms with Crippen LogP contribution in [0.15, 0.2) is 18.2 Å². The lowest BCUT2D eigenvalue weighted by Gasteiger charge is -2.26. The van der Waals surface area contributed by atoms with E-state index in [2.05, 4.69) is 31.0 Å². The number of rotatable bonds is 7. The molecule has 0 radical (unpaired) electrons. The minimum Gasteiger partial charge on any atom is -0.369 e. The molecule has 0 heterocycles. The van der Waals surface area contributed by atoms with E-state index in [0.717, 1.165) is 25.2 Å². The number of nitrogens with zero attached hydrogens (tertiary/aromatic N) is 1. The van der Waals surface area contributed by atoms with Crippen LogP contribution in [0.25, 0.3) is 0 Å². The maximum absolute atomic E-state index is 13.5. The molecule has 2 rings (SSSR count). The first-order valence-corrected chi connectivity index (χ1v) is 7.37. The number of hydrogen-bond donors (Lipinski definition) is 1. The molecule has 0 amide bonds. The van der Waals surface area contributed by atoms with E-state index in [1.54, 1.807) is 12.1 Å². The second-order valence-corrected chi connectivity index (χ2v) is 5.81. The van der Waals surface area contributed by atoms with Crippen molar-refractivity contribution in [1.29, 1.82) is 0 Å². The quantitative estimate of drug-likeness (QED) is 0.810. The van der Waals surface area contributed by atoms with E-state index in [0.29, 0.717) is 12.0 Å². The van der Waals surface area contributed by atoms with E-state index in [1.165, 1.54) is 18.5 Å². The van der Waals surface area contributed by atoms with Crippen molar-refractivity contribution in [3.8, 4) is 0 Å². The Kier molecular flexibility index (Phi) is 4.81. The number of nitrogens with one attached hydrogen (secondary N) is 1. The lowest BCUT2D eigenvalue weighted by molar-refractivity contribution is 0.549. The van der Waals surface area contributed by atoms with Gasteiger partial charge in [0.15, 0.2) is 0 Å². The highest BCUT2D eigenvalue weighted by Gasteiger charge is 2.29. The summed E-state index contributed by atoms with van der Waals surface area (Å²) in [6.45, 7) is 9.24. The van der Waals surface area contributed by atoms with Gasteiger partial charge in [-0.2, -0.15) is 0 Å². The van der Waals surface area contributed by atoms with Gasteiger partial charge in [-0.25, -0.2) is 4.39 Å². The smallest absolute Gasteiger partial charge is 0.123 e. The van der Waals surface area contributed by atoms with Gasteiger partial charge in [0.25, 0.3) is 0 Å². The van der Waals surface area contributed by atoms with Crippen LogP contribution in [0.2, 0.25) is 0 Å². The van der Waals surface area contributed by atoms with Crippen molar-refractivity contribution in [2.75, 3.05) is 18.0 Å². The molecule has 1 saturated carbocycles. The van der Waals surface area contributed by atoms with Gasteiger partial charge in [-0.1, -0.05) is 13.8 Å². The third-order valence-corrected chi connectivity index (χ3v) is 3.55. The molecular weight excluding hydrogens is 239 g/mol. The Morgan fingerprint density at radius 2 is 2.11 bits per heavy atom. The number of anilines is 1. The fraction of sp³-hybridized carbons (Fsp3) is 0.625. The maximum atomic E-state index is 13.5. The molecule has 1 aliphatic rings. The van der Waals surface area contributed by atoms with Crippen LogP contribution in [0.4, 0.5) is 10.1 Å². The van der Waals surface area contributed by atoms with Crippen LogP contribution in [0, 0.1) is 11.7 Å². The summed E-state index contributed by atoms with van der Waals surface area (Å²) in [6, 6.07) is 5.85. The molecule has 1 fully saturated rings. The first kappa shape index (κ1) is 14.3. The molecule has 0 aliphatic heterocycles. The van der Waals surface area contributed by atoms with E-state index in [1.807, 2.05) is 6.07 Å². The van der Waals surface area contributed by atoms with Gasteiger partial charge in [0.05, 0.1) is 0 Å². The molecule has 0 atom stereocenters. The largest absolute Gasteiger partial charge is 0.369 e. The molecule has 1 aromatic rings. The van der Waals surface area contributed by atoms with Gasteiger partial charge in [-0.3, -0.25) is 0 Å². The highest BCUT2D eigenvalue weighted by molar-refractivity contribution is 5.55. The van der Waals surface area contributed by atoms with Crippen molar-refractivity contribution >= 4 is 5.69 Å². The van der Waals surface area contributed by atoms with Crippen LogP contribution in [0.5, 0.6) is 0 Å². The second kappa shape index (κ2) is 6.38. The maximum Gasteiger partial charge on any atom is 0.123 e. The van der Waals surface area contributed by atoms with Crippen LogP contribution in [-0.2, 0) is 6.54 Å². The number of halogens is 1. The lowest BCUT2D eigenvalue weighted by Crippen LogP contribution is -2.28. The van der Waals surface area contributed by atoms with Crippen molar-refractivity contribution < 1.29 is 4.39 Å². The van der Waals surface area contributed by atoms with Gasteiger partial charge in [-0.05, 0) is 56.0 Å². The minimum absolute atomic E-state index is 0.142. The molecular formula is C16H25FN2. The first-order valence-electron chi connectivity index (χ1n) is 7.37. The summed E-state index contributed by atoms with van der Waals surface area (Å²) in [4.78, 5) is 2.41. The molecule has 0 spiro atoms. The standard InChI is InChI=1S/C16H25FN2/c1-4-19(15-6-7-15)16-8-5-14(17)9-13(16)11-18-10-12(2)3/h5,8-9,12,15,18H,4,6-7,10-11H2,1-3H3. The third-order valence-electron chi connectivity index (χ3n) is 3.55. The van der Waals surface area contributed by atoms with Crippen LogP contribution in [0.1, 0.15) is 39.2 Å². The Morgan fingerprint density at radius 3 is 2.68 bits per heavy atom. The van der Waals surface area contributed by atoms with E-state index in [4.69, 9.17) is 0 Å². The Hall–Kier alpha value is -1.09. The zero-order valence-electron chi connectivity index (χ0n) is 12.2. The van der Waals surface area contributed by atoms with E-state index in [-0.39, 0.29) is 5.82 Å². The molecule has 1 N–H and O–H groups in total. The summed E-state index contributed by atoms with van der Waals surface area (Å²) in [7, 11) is 0. The van der Waals surface area contributed by atoms with Crippen LogP contribution >= 0.6 is 0 Å². The Morgan fingerprint density at radius 1 is 1.37 bits per heavy atom. The second-order valence-electron chi connectivity index (χ2n) is 5.81. The molecule has 0 saturated heterocycles. The number of hydrogen-bond acceptors (Lipinski definition) is 2. The molecule has 1 aliphatic carbocycles. The molecule has 3 heteroatoms. The van der Waals surface area contributed by atoms with Crippen LogP contribution in [-0.4, -0.2) is 19.1 Å². The molecule has 0 aromatic heterocycles. The monoisotopic (exact) mass is 264 g/mol. The zero-order valence-corrected chi connectivity index (χ0v) is 12.2. The highest BCUT2D eigenvalue weighted by atomic mass is 19.1. The molecule has 1 aromatic carbocycles. The minimum atomic E-state index is -0.142. The van der Waals surface area contributed by atoms with Crippen molar-refractivity contribution in [2.24, 2.45) is 5.92 Å². The molecule has 0 bridgehead atoms. The van der Waals surface area contributed by atoms with Crippen molar-refractivity contribution in [3.05, 3.63) is 29.6 Å². The van der Waals surface area contributed by atoms with E-state index >= 15 is 0 Å². The number of benzene rings is 1. The first-order chi connectivity index (χ1) is 9.11. The molecule has 19 heavy (non-hydrogen) atoms. The van der Waals surface area contributed by atoms with E-state index < -0.39 is 0 Å². The normalized spacial score (nSPS) is 15.0. The van der Waals surface area contributed by atoms with Crippen molar-refractivity contribution in [3.63, 3.8) is 0 Å². The van der Waals surface area contributed by atoms with Crippen LogP contribution in [0.3, 0.4) is 0 Å². The van der Waals surface area contributed by atoms with Gasteiger partial charge in [-0.15, -0.1) is 0 Å². The van der Waals surface area contributed by atoms with Gasteiger partial charge in [0.1, 0.15) is 5.82 Å². The topological polar surface area (TPSA) is 15.3 Å². The average molecular weight is 264 g/mol. The van der Waals surface area contributed by atoms with Gasteiger partial charge >= 0.3 is 0 Å². The Balaban J connectivity index is 2.12. The Labute approximate surface area is 116 Å². The van der Waals surface area contributed by atoms with E-state index in [9.17, 15) is 4.39 Å². The Bertz CT molecular complexity index is 413. The summed E-state index contributed by atoms with van der Waals surface area (Å²) in [5, 5.41) is 3.41. The fourth-order valence-electron chi connectivity index (χ4n) is 2.48. The lowest BCUT2D eigenvalue weighted by atomic mass is 10.1. The highest BCUT2D eigenvalue weighted by Crippen LogP contribution is 2.33. The molecule has 2 nitrogen and oxygen atoms in total. The van der Waals surface area contributed by atoms with Gasteiger partial charge in [0, 0.05) is 24.8 Å². The molecule has 0 unspecified atom stereocenters. The average Bonchev–Trinajstić information content (AvgIpc) is 3.16. The summed E-state index contributed by atoms with van der Waals surface area (Å²) in [5.41, 5.74) is 2.28. The predicted molar refractivity (Wildman–Crippen MR) is 79.0 cm³/mol. The van der Waals surface area contributed by atoms with Gasteiger partial charge < -0.3 is 10.2 Å². The summed E-state index contributed by atoms with van der Waals surface area (Å²) < 4.78 is 13.5. The third kappa shape index (κ3) is 3.93. The van der Waals surface area contributed by atoms with Gasteiger partial charge in [0.2, 0.25) is 0 Å². The van der Waals surface area contributed by atoms with Crippen molar-refractivity contribution in [1.82, 2.24) is 5.32 Å². The zero-order chi connectivity index (χ0) is 13.8. The summed E-state index contributed by atoms with van der Waals surface area (Å²) >= 11 is 0. The fourth-order valence-corrected chi connectivity index (χ4v) is 2.48. The SMILES string of the molecule is CCN(c1ccc(F)cc1CNCC(C)C)C1CC1. The predicted octanol–water partition coefficient (Wildman–Crippen LogP) is 3.56. The summed E-state index contributed by atoms with van der Waals surface area (Å²) in [6.07, 6.45) is 2.54. The molecule has 106 valence electrons.